The summed E-state index contributed by atoms with van der Waals surface area (Å²) in [5, 5.41) is 19.5. The molecule has 4 aliphatic rings. The van der Waals surface area contributed by atoms with Gasteiger partial charge in [-0.15, -0.1) is 0 Å². The maximum atomic E-state index is 12.6. The van der Waals surface area contributed by atoms with E-state index in [9.17, 15) is 19.8 Å². The molecule has 0 aromatic rings. The molecule has 0 aromatic heterocycles. The molecule has 4 atom stereocenters. The maximum Gasteiger partial charge on any atom is 0.408 e. The highest BCUT2D eigenvalue weighted by atomic mass is 16.5. The highest BCUT2D eigenvalue weighted by molar-refractivity contribution is 5.86. The number of nitrogens with zero attached hydrogens (tertiary/aromatic N) is 3. The Bertz CT molecular complexity index is 581. The summed E-state index contributed by atoms with van der Waals surface area (Å²) >= 11 is 0. The molecular weight excluding hydrogens is 338 g/mol. The van der Waals surface area contributed by atoms with Crippen LogP contribution in [0, 0.1) is 5.41 Å². The number of carbonyl (C=O) groups is 2. The zero-order valence-electron chi connectivity index (χ0n) is 15.3. The molecule has 1 saturated carbocycles. The third-order valence-corrected chi connectivity index (χ3v) is 6.83. The SMILES string of the molecule is C[C@H]1C(=O)N2[C@@H](CCCN3CCC4(CC4)C(O)C3)CO[C@H]2CN1C(=O)O. The Hall–Kier alpha value is -1.38. The van der Waals surface area contributed by atoms with Crippen molar-refractivity contribution in [2.24, 2.45) is 5.41 Å². The molecule has 3 aliphatic heterocycles. The van der Waals surface area contributed by atoms with E-state index in [0.717, 1.165) is 43.8 Å². The Balaban J connectivity index is 1.27. The smallest absolute Gasteiger partial charge is 0.408 e. The van der Waals surface area contributed by atoms with Crippen molar-refractivity contribution in [2.75, 3.05) is 32.8 Å². The van der Waals surface area contributed by atoms with Crippen molar-refractivity contribution in [3.05, 3.63) is 0 Å². The lowest BCUT2D eigenvalue weighted by molar-refractivity contribution is -0.151. The van der Waals surface area contributed by atoms with Crippen molar-refractivity contribution in [3.63, 3.8) is 0 Å². The number of aliphatic hydroxyl groups excluding tert-OH is 1. The number of rotatable bonds is 4. The largest absolute Gasteiger partial charge is 0.465 e. The minimum absolute atomic E-state index is 0.0235. The van der Waals surface area contributed by atoms with Gasteiger partial charge >= 0.3 is 6.09 Å². The summed E-state index contributed by atoms with van der Waals surface area (Å²) in [4.78, 5) is 29.1. The summed E-state index contributed by atoms with van der Waals surface area (Å²) in [5.41, 5.74) is 0.232. The number of piperazine rings is 1. The summed E-state index contributed by atoms with van der Waals surface area (Å²) < 4.78 is 5.71. The molecule has 146 valence electrons. The first kappa shape index (κ1) is 18.0. The fourth-order valence-electron chi connectivity index (χ4n) is 4.80. The standard InChI is InChI=1S/C18H29N3O5/c1-12-16(23)21-13(11-26-15(21)10-20(12)17(24)25)3-2-7-19-8-6-18(4-5-18)14(22)9-19/h12-15,22H,2-11H2,1H3,(H,24,25)/t12-,13-,14?,15-/m0/s1. The van der Waals surface area contributed by atoms with Crippen LogP contribution >= 0.6 is 0 Å². The van der Waals surface area contributed by atoms with Crippen molar-refractivity contribution in [2.45, 2.75) is 63.4 Å². The number of β-amino-alcohol motifs (C(OH)–C–C–N with tert-alkyl or cyclic N) is 1. The van der Waals surface area contributed by atoms with E-state index in [1.807, 2.05) is 0 Å². The van der Waals surface area contributed by atoms with Crippen LogP contribution in [0.1, 0.15) is 39.0 Å². The number of fused-ring (bicyclic) bond motifs is 1. The number of hydrogen-bond acceptors (Lipinski definition) is 5. The Morgan fingerprint density at radius 2 is 2.08 bits per heavy atom. The quantitative estimate of drug-likeness (QED) is 0.754. The Labute approximate surface area is 153 Å². The second-order valence-electron chi connectivity index (χ2n) is 8.37. The molecule has 2 N–H and O–H groups in total. The van der Waals surface area contributed by atoms with E-state index in [2.05, 4.69) is 4.90 Å². The predicted molar refractivity (Wildman–Crippen MR) is 92.5 cm³/mol. The molecule has 8 nitrogen and oxygen atoms in total. The molecule has 3 heterocycles. The highest BCUT2D eigenvalue weighted by Crippen LogP contribution is 2.53. The van der Waals surface area contributed by atoms with Gasteiger partial charge in [-0.05, 0) is 57.5 Å². The topological polar surface area (TPSA) is 93.6 Å². The second kappa shape index (κ2) is 6.65. The van der Waals surface area contributed by atoms with E-state index in [4.69, 9.17) is 4.74 Å². The lowest BCUT2D eigenvalue weighted by Gasteiger charge is -2.41. The average Bonchev–Trinajstić information content (AvgIpc) is 3.27. The van der Waals surface area contributed by atoms with Gasteiger partial charge in [0.05, 0.1) is 25.3 Å². The van der Waals surface area contributed by atoms with Crippen LogP contribution in [-0.2, 0) is 9.53 Å². The lowest BCUT2D eigenvalue weighted by Crippen LogP contribution is -2.61. The van der Waals surface area contributed by atoms with Gasteiger partial charge in [-0.25, -0.2) is 4.79 Å². The monoisotopic (exact) mass is 367 g/mol. The maximum absolute atomic E-state index is 12.6. The normalized spacial score (nSPS) is 36.5. The van der Waals surface area contributed by atoms with Crippen molar-refractivity contribution in [1.82, 2.24) is 14.7 Å². The fraction of sp³-hybridized carbons (Fsp3) is 0.889. The van der Waals surface area contributed by atoms with E-state index in [1.165, 1.54) is 12.8 Å². The summed E-state index contributed by atoms with van der Waals surface area (Å²) in [6.45, 7) is 5.07. The molecule has 1 aliphatic carbocycles. The summed E-state index contributed by atoms with van der Waals surface area (Å²) in [7, 11) is 0. The first-order chi connectivity index (χ1) is 12.4. The third-order valence-electron chi connectivity index (χ3n) is 6.83. The van der Waals surface area contributed by atoms with Crippen molar-refractivity contribution in [3.8, 4) is 0 Å². The average molecular weight is 367 g/mol. The van der Waals surface area contributed by atoms with Crippen LogP contribution in [0.15, 0.2) is 0 Å². The van der Waals surface area contributed by atoms with Crippen LogP contribution in [-0.4, -0.2) is 94.1 Å². The highest BCUT2D eigenvalue weighted by Gasteiger charge is 2.51. The Morgan fingerprint density at radius 1 is 1.31 bits per heavy atom. The molecule has 1 unspecified atom stereocenters. The summed E-state index contributed by atoms with van der Waals surface area (Å²) in [5.74, 6) is -0.157. The molecule has 4 rings (SSSR count). The van der Waals surface area contributed by atoms with Crippen LogP contribution in [0.25, 0.3) is 0 Å². The minimum atomic E-state index is -1.07. The minimum Gasteiger partial charge on any atom is -0.465 e. The van der Waals surface area contributed by atoms with Gasteiger partial charge in [-0.2, -0.15) is 0 Å². The van der Waals surface area contributed by atoms with Crippen molar-refractivity contribution >= 4 is 12.0 Å². The predicted octanol–water partition coefficient (Wildman–Crippen LogP) is 0.549. The molecule has 0 radical (unpaired) electrons. The van der Waals surface area contributed by atoms with Crippen LogP contribution in [0.3, 0.4) is 0 Å². The van der Waals surface area contributed by atoms with Gasteiger partial charge < -0.3 is 24.7 Å². The summed E-state index contributed by atoms with van der Waals surface area (Å²) in [6.07, 6.45) is 3.51. The Morgan fingerprint density at radius 3 is 2.73 bits per heavy atom. The van der Waals surface area contributed by atoms with E-state index in [0.29, 0.717) is 6.61 Å². The number of likely N-dealkylation sites (tertiary alicyclic amines) is 1. The van der Waals surface area contributed by atoms with Crippen LogP contribution in [0.2, 0.25) is 0 Å². The molecule has 1 spiro atoms. The molecule has 2 amide bonds. The summed E-state index contributed by atoms with van der Waals surface area (Å²) in [6, 6.07) is -0.629. The number of piperidine rings is 1. The van der Waals surface area contributed by atoms with Crippen LogP contribution < -0.4 is 0 Å². The Kier molecular flexibility index (Phi) is 4.61. The third kappa shape index (κ3) is 3.08. The van der Waals surface area contributed by atoms with E-state index in [1.54, 1.807) is 11.8 Å². The van der Waals surface area contributed by atoms with Gasteiger partial charge in [0.1, 0.15) is 6.04 Å². The fourth-order valence-corrected chi connectivity index (χ4v) is 4.80. The van der Waals surface area contributed by atoms with Gasteiger partial charge in [0.15, 0.2) is 6.23 Å². The van der Waals surface area contributed by atoms with E-state index < -0.39 is 18.4 Å². The zero-order chi connectivity index (χ0) is 18.5. The molecule has 0 aromatic carbocycles. The molecule has 4 fully saturated rings. The molecular formula is C18H29N3O5. The first-order valence-corrected chi connectivity index (χ1v) is 9.75. The molecule has 26 heavy (non-hydrogen) atoms. The van der Waals surface area contributed by atoms with Crippen LogP contribution in [0.5, 0.6) is 0 Å². The molecule has 3 saturated heterocycles. The van der Waals surface area contributed by atoms with E-state index >= 15 is 0 Å². The van der Waals surface area contributed by atoms with Gasteiger partial charge in [0.25, 0.3) is 0 Å². The first-order valence-electron chi connectivity index (χ1n) is 9.75. The number of hydrogen-bond donors (Lipinski definition) is 2. The van der Waals surface area contributed by atoms with Crippen LogP contribution in [0.4, 0.5) is 4.79 Å². The van der Waals surface area contributed by atoms with Crippen molar-refractivity contribution < 1.29 is 24.5 Å². The second-order valence-corrected chi connectivity index (χ2v) is 8.37. The number of ether oxygens (including phenoxy) is 1. The van der Waals surface area contributed by atoms with Gasteiger partial charge in [0.2, 0.25) is 5.91 Å². The number of carbonyl (C=O) groups excluding carboxylic acids is 1. The number of carboxylic acid groups (broad SMARTS) is 1. The molecule has 8 heteroatoms. The van der Waals surface area contributed by atoms with Gasteiger partial charge in [0, 0.05) is 6.54 Å². The lowest BCUT2D eigenvalue weighted by atomic mass is 9.90. The van der Waals surface area contributed by atoms with Gasteiger partial charge in [-0.3, -0.25) is 9.69 Å². The van der Waals surface area contributed by atoms with Crippen molar-refractivity contribution in [1.29, 1.82) is 0 Å². The molecule has 0 bridgehead atoms. The van der Waals surface area contributed by atoms with E-state index in [-0.39, 0.29) is 30.0 Å². The zero-order valence-corrected chi connectivity index (χ0v) is 15.3. The number of amides is 2. The van der Waals surface area contributed by atoms with Gasteiger partial charge in [-0.1, -0.05) is 0 Å². The number of aliphatic hydroxyl groups is 1.